The highest BCUT2D eigenvalue weighted by molar-refractivity contribution is 5.40. The van der Waals surface area contributed by atoms with Crippen molar-refractivity contribution in [1.29, 1.82) is 0 Å². The molecular weight excluding hydrogens is 246 g/mol. The molecular formula is C17H27N3. The van der Waals surface area contributed by atoms with Gasteiger partial charge in [-0.3, -0.25) is 0 Å². The summed E-state index contributed by atoms with van der Waals surface area (Å²) in [5, 5.41) is 0. The van der Waals surface area contributed by atoms with E-state index in [0.29, 0.717) is 0 Å². The quantitative estimate of drug-likeness (QED) is 0.886. The van der Waals surface area contributed by atoms with Crippen LogP contribution in [0.4, 0.5) is 0 Å². The molecule has 0 bridgehead atoms. The second-order valence-electron chi connectivity index (χ2n) is 6.24. The van der Waals surface area contributed by atoms with E-state index in [1.807, 2.05) is 0 Å². The van der Waals surface area contributed by atoms with Crippen LogP contribution in [-0.2, 0) is 6.42 Å². The SMILES string of the molecule is NCCCN1CCCN(CC2Cc3ccccc32)CC1. The molecule has 1 saturated heterocycles. The topological polar surface area (TPSA) is 32.5 Å². The summed E-state index contributed by atoms with van der Waals surface area (Å²) in [6.07, 6.45) is 3.72. The number of fused-ring (bicyclic) bond motifs is 1. The maximum Gasteiger partial charge on any atom is 0.0110 e. The Balaban J connectivity index is 1.48. The zero-order valence-corrected chi connectivity index (χ0v) is 12.4. The molecule has 1 unspecified atom stereocenters. The molecule has 20 heavy (non-hydrogen) atoms. The van der Waals surface area contributed by atoms with Crippen LogP contribution in [-0.4, -0.2) is 55.6 Å². The Labute approximate surface area is 122 Å². The average Bonchev–Trinajstić information content (AvgIpc) is 2.68. The van der Waals surface area contributed by atoms with Crippen LogP contribution in [0.25, 0.3) is 0 Å². The Morgan fingerprint density at radius 3 is 2.70 bits per heavy atom. The molecule has 1 aromatic rings. The fraction of sp³-hybridized carbons (Fsp3) is 0.647. The smallest absolute Gasteiger partial charge is 0.0110 e. The number of rotatable bonds is 5. The predicted molar refractivity (Wildman–Crippen MR) is 84.1 cm³/mol. The van der Waals surface area contributed by atoms with Crippen molar-refractivity contribution in [2.24, 2.45) is 5.73 Å². The van der Waals surface area contributed by atoms with Crippen molar-refractivity contribution in [2.45, 2.75) is 25.2 Å². The highest BCUT2D eigenvalue weighted by Gasteiger charge is 2.27. The van der Waals surface area contributed by atoms with E-state index in [2.05, 4.69) is 34.1 Å². The first kappa shape index (κ1) is 14.1. The van der Waals surface area contributed by atoms with Crippen LogP contribution >= 0.6 is 0 Å². The van der Waals surface area contributed by atoms with Gasteiger partial charge < -0.3 is 15.5 Å². The fourth-order valence-electron chi connectivity index (χ4n) is 3.58. The van der Waals surface area contributed by atoms with Crippen LogP contribution in [0.3, 0.4) is 0 Å². The van der Waals surface area contributed by atoms with Crippen LogP contribution in [0.15, 0.2) is 24.3 Å². The van der Waals surface area contributed by atoms with Crippen LogP contribution in [0.1, 0.15) is 29.9 Å². The molecule has 1 aromatic carbocycles. The van der Waals surface area contributed by atoms with Crippen molar-refractivity contribution >= 4 is 0 Å². The van der Waals surface area contributed by atoms with Gasteiger partial charge in [0.15, 0.2) is 0 Å². The summed E-state index contributed by atoms with van der Waals surface area (Å²) in [5.41, 5.74) is 8.77. The van der Waals surface area contributed by atoms with Gasteiger partial charge in [-0.2, -0.15) is 0 Å². The number of hydrogen-bond acceptors (Lipinski definition) is 3. The molecule has 3 heteroatoms. The molecule has 2 N–H and O–H groups in total. The Morgan fingerprint density at radius 1 is 1.05 bits per heavy atom. The first-order valence-corrected chi connectivity index (χ1v) is 8.09. The molecule has 1 fully saturated rings. The van der Waals surface area contributed by atoms with Gasteiger partial charge in [0, 0.05) is 25.6 Å². The normalized spacial score (nSPS) is 23.9. The van der Waals surface area contributed by atoms with Gasteiger partial charge in [-0.1, -0.05) is 24.3 Å². The summed E-state index contributed by atoms with van der Waals surface area (Å²) in [5.74, 6) is 0.779. The van der Waals surface area contributed by atoms with Crippen molar-refractivity contribution in [3.05, 3.63) is 35.4 Å². The van der Waals surface area contributed by atoms with E-state index < -0.39 is 0 Å². The molecule has 110 valence electrons. The van der Waals surface area contributed by atoms with Crippen LogP contribution in [0.5, 0.6) is 0 Å². The average molecular weight is 273 g/mol. The van der Waals surface area contributed by atoms with Crippen molar-refractivity contribution in [3.8, 4) is 0 Å². The zero-order chi connectivity index (χ0) is 13.8. The van der Waals surface area contributed by atoms with E-state index in [-0.39, 0.29) is 0 Å². The van der Waals surface area contributed by atoms with Crippen molar-refractivity contribution in [3.63, 3.8) is 0 Å². The van der Waals surface area contributed by atoms with Crippen LogP contribution in [0.2, 0.25) is 0 Å². The Bertz CT molecular complexity index is 432. The molecule has 0 saturated carbocycles. The number of benzene rings is 1. The molecule has 2 aliphatic rings. The van der Waals surface area contributed by atoms with E-state index in [1.165, 1.54) is 52.1 Å². The second-order valence-corrected chi connectivity index (χ2v) is 6.24. The Kier molecular flexibility index (Phi) is 4.71. The minimum absolute atomic E-state index is 0.779. The lowest BCUT2D eigenvalue weighted by Crippen LogP contribution is -2.36. The van der Waals surface area contributed by atoms with Crippen molar-refractivity contribution in [1.82, 2.24) is 9.80 Å². The molecule has 3 nitrogen and oxygen atoms in total. The highest BCUT2D eigenvalue weighted by Crippen LogP contribution is 2.35. The standard InChI is InChI=1S/C17H27N3/c18-7-3-8-19-9-4-10-20(12-11-19)14-16-13-15-5-1-2-6-17(15)16/h1-2,5-6,16H,3-4,7-14,18H2. The summed E-state index contributed by atoms with van der Waals surface area (Å²) in [7, 11) is 0. The molecule has 0 radical (unpaired) electrons. The summed E-state index contributed by atoms with van der Waals surface area (Å²) in [6, 6.07) is 8.94. The Hall–Kier alpha value is -0.900. The second kappa shape index (κ2) is 6.70. The lowest BCUT2D eigenvalue weighted by molar-refractivity contribution is 0.240. The maximum absolute atomic E-state index is 5.61. The van der Waals surface area contributed by atoms with Gasteiger partial charge in [0.05, 0.1) is 0 Å². The van der Waals surface area contributed by atoms with Gasteiger partial charge in [-0.05, 0) is 56.6 Å². The first-order chi connectivity index (χ1) is 9.86. The minimum atomic E-state index is 0.779. The molecule has 0 aromatic heterocycles. The molecule has 0 amide bonds. The number of hydrogen-bond donors (Lipinski definition) is 1. The molecule has 0 spiro atoms. The Morgan fingerprint density at radius 2 is 1.85 bits per heavy atom. The fourth-order valence-corrected chi connectivity index (χ4v) is 3.58. The lowest BCUT2D eigenvalue weighted by Gasteiger charge is -2.34. The maximum atomic E-state index is 5.61. The molecule has 1 aliphatic carbocycles. The first-order valence-electron chi connectivity index (χ1n) is 8.09. The summed E-state index contributed by atoms with van der Waals surface area (Å²) in [4.78, 5) is 5.25. The van der Waals surface area contributed by atoms with E-state index in [9.17, 15) is 0 Å². The third kappa shape index (κ3) is 3.22. The number of nitrogens with two attached hydrogens (primary N) is 1. The molecule has 1 heterocycles. The van der Waals surface area contributed by atoms with Gasteiger partial charge in [-0.15, -0.1) is 0 Å². The van der Waals surface area contributed by atoms with Crippen LogP contribution in [0, 0.1) is 0 Å². The predicted octanol–water partition coefficient (Wildman–Crippen LogP) is 1.68. The van der Waals surface area contributed by atoms with E-state index in [0.717, 1.165) is 18.9 Å². The van der Waals surface area contributed by atoms with Crippen molar-refractivity contribution in [2.75, 3.05) is 45.8 Å². The van der Waals surface area contributed by atoms with Gasteiger partial charge in [-0.25, -0.2) is 0 Å². The molecule has 1 atom stereocenters. The monoisotopic (exact) mass is 273 g/mol. The summed E-state index contributed by atoms with van der Waals surface area (Å²) in [6.45, 7) is 8.20. The van der Waals surface area contributed by atoms with E-state index in [4.69, 9.17) is 5.73 Å². The van der Waals surface area contributed by atoms with E-state index in [1.54, 1.807) is 11.1 Å². The minimum Gasteiger partial charge on any atom is -0.330 e. The van der Waals surface area contributed by atoms with Gasteiger partial charge in [0.25, 0.3) is 0 Å². The number of nitrogens with zero attached hydrogens (tertiary/aromatic N) is 2. The molecule has 3 rings (SSSR count). The van der Waals surface area contributed by atoms with Crippen molar-refractivity contribution < 1.29 is 0 Å². The third-order valence-electron chi connectivity index (χ3n) is 4.80. The summed E-state index contributed by atoms with van der Waals surface area (Å²) >= 11 is 0. The largest absolute Gasteiger partial charge is 0.330 e. The third-order valence-corrected chi connectivity index (χ3v) is 4.80. The zero-order valence-electron chi connectivity index (χ0n) is 12.4. The van der Waals surface area contributed by atoms with E-state index >= 15 is 0 Å². The van der Waals surface area contributed by atoms with Gasteiger partial charge in [0.2, 0.25) is 0 Å². The molecule has 1 aliphatic heterocycles. The summed E-state index contributed by atoms with van der Waals surface area (Å²) < 4.78 is 0. The highest BCUT2D eigenvalue weighted by atomic mass is 15.2. The van der Waals surface area contributed by atoms with Gasteiger partial charge >= 0.3 is 0 Å². The van der Waals surface area contributed by atoms with Crippen LogP contribution < -0.4 is 5.73 Å². The van der Waals surface area contributed by atoms with Gasteiger partial charge in [0.1, 0.15) is 0 Å². The lowest BCUT2D eigenvalue weighted by atomic mass is 9.77.